The summed E-state index contributed by atoms with van der Waals surface area (Å²) in [5, 5.41) is 9.52. The maximum atomic E-state index is 12.9. The normalized spacial score (nSPS) is 32.1. The molecule has 2 bridgehead atoms. The highest BCUT2D eigenvalue weighted by Crippen LogP contribution is 2.32. The average molecular weight is 368 g/mol. The monoisotopic (exact) mass is 368 g/mol. The largest absolute Gasteiger partial charge is 0.322 e. The van der Waals surface area contributed by atoms with Crippen molar-refractivity contribution in [1.82, 2.24) is 20.9 Å². The molecule has 2 saturated heterocycles. The molecule has 3 N–H and O–H groups in total. The molecule has 3 heterocycles. The van der Waals surface area contributed by atoms with Crippen molar-refractivity contribution in [3.05, 3.63) is 34.9 Å². The predicted molar refractivity (Wildman–Crippen MR) is 97.6 cm³/mol. The fourth-order valence-electron chi connectivity index (χ4n) is 5.05. The molecule has 0 aromatic heterocycles. The maximum Gasteiger partial charge on any atom is 0.255 e. The van der Waals surface area contributed by atoms with Gasteiger partial charge in [-0.3, -0.25) is 19.7 Å². The number of carbonyl (C=O) groups is 3. The molecule has 4 unspecified atom stereocenters. The van der Waals surface area contributed by atoms with Gasteiger partial charge < -0.3 is 15.5 Å². The predicted octanol–water partition coefficient (Wildman–Crippen LogP) is 0.288. The first kappa shape index (κ1) is 16.9. The number of imide groups is 1. The van der Waals surface area contributed by atoms with Crippen LogP contribution in [-0.2, 0) is 22.7 Å². The zero-order valence-electron chi connectivity index (χ0n) is 15.2. The van der Waals surface area contributed by atoms with Crippen LogP contribution in [0.5, 0.6) is 0 Å². The van der Waals surface area contributed by atoms with E-state index in [1.165, 1.54) is 12.8 Å². The molecule has 1 aliphatic carbocycles. The minimum atomic E-state index is -0.550. The van der Waals surface area contributed by atoms with E-state index >= 15 is 0 Å². The van der Waals surface area contributed by atoms with E-state index in [1.807, 2.05) is 12.1 Å². The standard InChI is InChI=1S/C20H24N4O3/c25-18-4-3-17(19(26)23-18)24-10-12-2-1-11(5-15(12)20(24)27)8-22-16-7-14-6-13(16)9-21-14/h1-2,5,13-14,16-17,21-22H,3-4,6-10H2,(H,23,25,26). The van der Waals surface area contributed by atoms with Gasteiger partial charge in [-0.05, 0) is 48.9 Å². The Bertz CT molecular complexity index is 823. The molecule has 27 heavy (non-hydrogen) atoms. The first-order valence-corrected chi connectivity index (χ1v) is 9.82. The number of hydrogen-bond acceptors (Lipinski definition) is 5. The van der Waals surface area contributed by atoms with Crippen LogP contribution in [0.1, 0.15) is 47.2 Å². The number of benzene rings is 1. The number of nitrogens with zero attached hydrogens (tertiary/aromatic N) is 1. The number of amides is 3. The Hall–Kier alpha value is -2.25. The maximum absolute atomic E-state index is 12.9. The highest BCUT2D eigenvalue weighted by Gasteiger charge is 2.40. The van der Waals surface area contributed by atoms with Gasteiger partial charge in [0.15, 0.2) is 0 Å². The Morgan fingerprint density at radius 1 is 1.19 bits per heavy atom. The van der Waals surface area contributed by atoms with Crippen LogP contribution in [0.25, 0.3) is 0 Å². The summed E-state index contributed by atoms with van der Waals surface area (Å²) in [6.45, 7) is 2.30. The van der Waals surface area contributed by atoms with Crippen LogP contribution in [0.4, 0.5) is 0 Å². The summed E-state index contributed by atoms with van der Waals surface area (Å²) in [5.74, 6) is -0.0108. The van der Waals surface area contributed by atoms with Crippen LogP contribution in [0.15, 0.2) is 18.2 Å². The Balaban J connectivity index is 1.27. The SMILES string of the molecule is O=C1CCC(N2Cc3ccc(CNC4CC5CC4CN5)cc3C2=O)C(=O)N1. The first-order chi connectivity index (χ1) is 13.1. The molecule has 7 nitrogen and oxygen atoms in total. The van der Waals surface area contributed by atoms with Crippen molar-refractivity contribution in [1.29, 1.82) is 0 Å². The zero-order chi connectivity index (χ0) is 18.5. The molecule has 0 radical (unpaired) electrons. The second-order valence-corrected chi connectivity index (χ2v) is 8.22. The minimum Gasteiger partial charge on any atom is -0.322 e. The third kappa shape index (κ3) is 2.95. The molecule has 4 aliphatic rings. The number of hydrogen-bond donors (Lipinski definition) is 3. The Morgan fingerprint density at radius 2 is 2.07 bits per heavy atom. The van der Waals surface area contributed by atoms with E-state index in [1.54, 1.807) is 4.90 Å². The molecular weight excluding hydrogens is 344 g/mol. The third-order valence-electron chi connectivity index (χ3n) is 6.52. The summed E-state index contributed by atoms with van der Waals surface area (Å²) < 4.78 is 0. The summed E-state index contributed by atoms with van der Waals surface area (Å²) in [6.07, 6.45) is 3.13. The number of rotatable bonds is 4. The van der Waals surface area contributed by atoms with Crippen molar-refractivity contribution in [2.45, 2.75) is 56.9 Å². The third-order valence-corrected chi connectivity index (χ3v) is 6.52. The molecule has 7 heteroatoms. The molecule has 4 atom stereocenters. The summed E-state index contributed by atoms with van der Waals surface area (Å²) in [6, 6.07) is 6.70. The summed E-state index contributed by atoms with van der Waals surface area (Å²) >= 11 is 0. The van der Waals surface area contributed by atoms with E-state index in [2.05, 4.69) is 22.0 Å². The summed E-state index contributed by atoms with van der Waals surface area (Å²) in [7, 11) is 0. The van der Waals surface area contributed by atoms with Gasteiger partial charge in [0.1, 0.15) is 6.04 Å². The van der Waals surface area contributed by atoms with Gasteiger partial charge in [0.25, 0.3) is 5.91 Å². The van der Waals surface area contributed by atoms with Crippen molar-refractivity contribution in [2.24, 2.45) is 5.92 Å². The summed E-state index contributed by atoms with van der Waals surface area (Å²) in [4.78, 5) is 38.0. The molecule has 3 fully saturated rings. The Labute approximate surface area is 157 Å². The van der Waals surface area contributed by atoms with E-state index in [0.29, 0.717) is 36.5 Å². The van der Waals surface area contributed by atoms with Gasteiger partial charge in [-0.1, -0.05) is 12.1 Å². The van der Waals surface area contributed by atoms with Crippen molar-refractivity contribution in [3.8, 4) is 0 Å². The van der Waals surface area contributed by atoms with Gasteiger partial charge in [-0.15, -0.1) is 0 Å². The molecular formula is C20H24N4O3. The van der Waals surface area contributed by atoms with Crippen molar-refractivity contribution in [3.63, 3.8) is 0 Å². The van der Waals surface area contributed by atoms with Crippen LogP contribution >= 0.6 is 0 Å². The topological polar surface area (TPSA) is 90.5 Å². The second-order valence-electron chi connectivity index (χ2n) is 8.22. The zero-order valence-corrected chi connectivity index (χ0v) is 15.2. The number of carbonyl (C=O) groups excluding carboxylic acids is 3. The molecule has 1 aromatic rings. The Morgan fingerprint density at radius 3 is 2.81 bits per heavy atom. The summed E-state index contributed by atoms with van der Waals surface area (Å²) in [5.41, 5.74) is 2.74. The van der Waals surface area contributed by atoms with Crippen LogP contribution in [0.3, 0.4) is 0 Å². The lowest BCUT2D eigenvalue weighted by Gasteiger charge is -2.29. The average Bonchev–Trinajstić information content (AvgIpc) is 3.35. The molecule has 1 aromatic carbocycles. The molecule has 142 valence electrons. The van der Waals surface area contributed by atoms with Gasteiger partial charge in [-0.25, -0.2) is 0 Å². The van der Waals surface area contributed by atoms with Gasteiger partial charge in [0.05, 0.1) is 0 Å². The van der Waals surface area contributed by atoms with Crippen LogP contribution in [0.2, 0.25) is 0 Å². The molecule has 3 amide bonds. The first-order valence-electron chi connectivity index (χ1n) is 9.82. The van der Waals surface area contributed by atoms with Crippen LogP contribution < -0.4 is 16.0 Å². The fourth-order valence-corrected chi connectivity index (χ4v) is 5.05. The molecule has 1 saturated carbocycles. The number of fused-ring (bicyclic) bond motifs is 3. The Kier molecular flexibility index (Phi) is 4.02. The van der Waals surface area contributed by atoms with E-state index in [4.69, 9.17) is 0 Å². The second kappa shape index (κ2) is 6.42. The van der Waals surface area contributed by atoms with Gasteiger partial charge in [0.2, 0.25) is 11.8 Å². The minimum absolute atomic E-state index is 0.106. The van der Waals surface area contributed by atoms with Crippen molar-refractivity contribution < 1.29 is 14.4 Å². The van der Waals surface area contributed by atoms with Crippen LogP contribution in [0, 0.1) is 5.92 Å². The fraction of sp³-hybridized carbons (Fsp3) is 0.550. The van der Waals surface area contributed by atoms with Gasteiger partial charge in [0, 0.05) is 37.2 Å². The lowest BCUT2D eigenvalue weighted by Crippen LogP contribution is -2.52. The van der Waals surface area contributed by atoms with E-state index in [9.17, 15) is 14.4 Å². The molecule has 3 aliphatic heterocycles. The van der Waals surface area contributed by atoms with Gasteiger partial charge >= 0.3 is 0 Å². The molecule has 0 spiro atoms. The van der Waals surface area contributed by atoms with Crippen molar-refractivity contribution >= 4 is 17.7 Å². The number of piperidine rings is 2. The quantitative estimate of drug-likeness (QED) is 0.665. The highest BCUT2D eigenvalue weighted by molar-refractivity contribution is 6.05. The van der Waals surface area contributed by atoms with Crippen LogP contribution in [-0.4, -0.2) is 47.3 Å². The van der Waals surface area contributed by atoms with Crippen molar-refractivity contribution in [2.75, 3.05) is 6.54 Å². The molecule has 5 rings (SSSR count). The lowest BCUT2D eigenvalue weighted by atomic mass is 10.0. The number of nitrogens with one attached hydrogen (secondary N) is 3. The van der Waals surface area contributed by atoms with E-state index in [-0.39, 0.29) is 24.1 Å². The van der Waals surface area contributed by atoms with Gasteiger partial charge in [-0.2, -0.15) is 0 Å². The highest BCUT2D eigenvalue weighted by atomic mass is 16.2. The lowest BCUT2D eigenvalue weighted by molar-refractivity contribution is -0.136. The van der Waals surface area contributed by atoms with E-state index < -0.39 is 6.04 Å². The smallest absolute Gasteiger partial charge is 0.255 e. The van der Waals surface area contributed by atoms with E-state index in [0.717, 1.165) is 24.2 Å².